The lowest BCUT2D eigenvalue weighted by Crippen LogP contribution is -2.26. The van der Waals surface area contributed by atoms with Crippen LogP contribution in [0, 0.1) is 12.7 Å². The van der Waals surface area contributed by atoms with Crippen LogP contribution in [0.3, 0.4) is 0 Å². The molecule has 0 aliphatic heterocycles. The van der Waals surface area contributed by atoms with Crippen LogP contribution in [0.15, 0.2) is 72.8 Å². The minimum atomic E-state index is -0.279. The summed E-state index contributed by atoms with van der Waals surface area (Å²) in [4.78, 5) is 2.49. The molecule has 0 aromatic heterocycles. The summed E-state index contributed by atoms with van der Waals surface area (Å²) in [7, 11) is 0. The molecule has 3 rings (SSSR count). The van der Waals surface area contributed by atoms with Gasteiger partial charge in [0.05, 0.1) is 0 Å². The van der Waals surface area contributed by atoms with Crippen molar-refractivity contribution < 1.29 is 9.13 Å². The molecule has 0 fully saturated rings. The van der Waals surface area contributed by atoms with Crippen molar-refractivity contribution in [1.82, 2.24) is 4.90 Å². The third kappa shape index (κ3) is 7.84. The summed E-state index contributed by atoms with van der Waals surface area (Å²) < 4.78 is 20.1. The topological polar surface area (TPSA) is 12.5 Å². The summed E-state index contributed by atoms with van der Waals surface area (Å²) >= 11 is 0. The monoisotopic (exact) mass is 419 g/mol. The van der Waals surface area contributed by atoms with Crippen molar-refractivity contribution in [3.8, 4) is 5.75 Å². The van der Waals surface area contributed by atoms with Gasteiger partial charge in [0.2, 0.25) is 0 Å². The average Bonchev–Trinajstić information content (AvgIpc) is 2.79. The molecule has 2 nitrogen and oxygen atoms in total. The third-order valence-electron chi connectivity index (χ3n) is 5.68. The Labute approximate surface area is 186 Å². The van der Waals surface area contributed by atoms with Crippen molar-refractivity contribution >= 4 is 0 Å². The van der Waals surface area contributed by atoms with E-state index in [1.54, 1.807) is 12.1 Å². The number of ether oxygens (including phenoxy) is 1. The number of hydrogen-bond donors (Lipinski definition) is 0. The summed E-state index contributed by atoms with van der Waals surface area (Å²) in [6.07, 6.45) is 4.19. The highest BCUT2D eigenvalue weighted by Gasteiger charge is 2.07. The SMILES string of the molecule is CCN(CCCc1ccc(C)cc1)CCCc1ccc(OCc2ccccc2)c(F)c1. The fraction of sp³-hybridized carbons (Fsp3) is 0.357. The standard InChI is InChI=1S/C28H34FNO/c1-3-30(19-7-11-24-15-13-23(2)14-16-24)20-8-12-25-17-18-28(27(29)21-25)31-22-26-9-5-4-6-10-26/h4-6,9-10,13-18,21H,3,7-8,11-12,19-20,22H2,1-2H3. The normalized spacial score (nSPS) is 11.1. The molecule has 3 aromatic rings. The molecule has 0 amide bonds. The predicted octanol–water partition coefficient (Wildman–Crippen LogP) is 6.60. The molecule has 0 spiro atoms. The van der Waals surface area contributed by atoms with Gasteiger partial charge in [0.15, 0.2) is 11.6 Å². The zero-order valence-corrected chi connectivity index (χ0v) is 18.8. The quantitative estimate of drug-likeness (QED) is 0.328. The number of aryl methyl sites for hydroxylation is 3. The molecular formula is C28H34FNO. The summed E-state index contributed by atoms with van der Waals surface area (Å²) in [6.45, 7) is 7.91. The lowest BCUT2D eigenvalue weighted by Gasteiger charge is -2.20. The molecule has 0 saturated heterocycles. The van der Waals surface area contributed by atoms with Gasteiger partial charge in [-0.15, -0.1) is 0 Å². The van der Waals surface area contributed by atoms with Crippen LogP contribution in [-0.4, -0.2) is 24.5 Å². The van der Waals surface area contributed by atoms with Crippen molar-refractivity contribution in [2.24, 2.45) is 0 Å². The molecule has 0 atom stereocenters. The Balaban J connectivity index is 1.39. The van der Waals surface area contributed by atoms with Gasteiger partial charge in [-0.1, -0.05) is 73.2 Å². The van der Waals surface area contributed by atoms with Gasteiger partial charge < -0.3 is 9.64 Å². The average molecular weight is 420 g/mol. The van der Waals surface area contributed by atoms with E-state index < -0.39 is 0 Å². The summed E-state index contributed by atoms with van der Waals surface area (Å²) in [5, 5.41) is 0. The minimum absolute atomic E-state index is 0.279. The lowest BCUT2D eigenvalue weighted by atomic mass is 10.1. The maximum atomic E-state index is 14.4. The van der Waals surface area contributed by atoms with Gasteiger partial charge in [0, 0.05) is 0 Å². The Bertz CT molecular complexity index is 908. The molecule has 0 saturated carbocycles. The molecule has 0 unspecified atom stereocenters. The van der Waals surface area contributed by atoms with Gasteiger partial charge in [0.25, 0.3) is 0 Å². The smallest absolute Gasteiger partial charge is 0.165 e. The summed E-state index contributed by atoms with van der Waals surface area (Å²) in [5.41, 5.74) is 4.78. The van der Waals surface area contributed by atoms with Crippen molar-refractivity contribution in [3.05, 3.63) is 101 Å². The Morgan fingerprint density at radius 3 is 2.06 bits per heavy atom. The predicted molar refractivity (Wildman–Crippen MR) is 127 cm³/mol. The molecule has 3 heteroatoms. The first-order chi connectivity index (χ1) is 15.1. The van der Waals surface area contributed by atoms with Crippen LogP contribution in [0.25, 0.3) is 0 Å². The molecular weight excluding hydrogens is 385 g/mol. The molecule has 0 heterocycles. The van der Waals surface area contributed by atoms with Crippen LogP contribution < -0.4 is 4.74 Å². The first-order valence-corrected chi connectivity index (χ1v) is 11.4. The van der Waals surface area contributed by atoms with E-state index in [4.69, 9.17) is 4.74 Å². The van der Waals surface area contributed by atoms with E-state index in [1.807, 2.05) is 36.4 Å². The maximum Gasteiger partial charge on any atom is 0.165 e. The molecule has 0 aliphatic rings. The van der Waals surface area contributed by atoms with E-state index in [0.29, 0.717) is 12.4 Å². The summed E-state index contributed by atoms with van der Waals surface area (Å²) in [6, 6.07) is 24.0. The summed E-state index contributed by atoms with van der Waals surface area (Å²) in [5.74, 6) is 0.0396. The zero-order chi connectivity index (χ0) is 21.9. The first-order valence-electron chi connectivity index (χ1n) is 11.4. The van der Waals surface area contributed by atoms with Crippen LogP contribution in [-0.2, 0) is 19.4 Å². The second kappa shape index (κ2) is 12.3. The number of benzene rings is 3. The van der Waals surface area contributed by atoms with Gasteiger partial charge in [-0.2, -0.15) is 0 Å². The van der Waals surface area contributed by atoms with Gasteiger partial charge in [0.1, 0.15) is 6.61 Å². The highest BCUT2D eigenvalue weighted by Crippen LogP contribution is 2.20. The fourth-order valence-corrected chi connectivity index (χ4v) is 3.75. The van der Waals surface area contributed by atoms with E-state index in [0.717, 1.165) is 50.0 Å². The lowest BCUT2D eigenvalue weighted by molar-refractivity contribution is 0.280. The van der Waals surface area contributed by atoms with E-state index in [-0.39, 0.29) is 5.82 Å². The highest BCUT2D eigenvalue weighted by atomic mass is 19.1. The van der Waals surface area contributed by atoms with E-state index in [9.17, 15) is 4.39 Å². The van der Waals surface area contributed by atoms with Crippen LogP contribution in [0.4, 0.5) is 4.39 Å². The third-order valence-corrected chi connectivity index (χ3v) is 5.68. The Morgan fingerprint density at radius 1 is 0.774 bits per heavy atom. The Morgan fingerprint density at radius 2 is 1.42 bits per heavy atom. The molecule has 0 aliphatic carbocycles. The maximum absolute atomic E-state index is 14.4. The Hall–Kier alpha value is -2.65. The van der Waals surface area contributed by atoms with Crippen LogP contribution in [0.1, 0.15) is 42.0 Å². The molecule has 0 bridgehead atoms. The van der Waals surface area contributed by atoms with Gasteiger partial charge >= 0.3 is 0 Å². The van der Waals surface area contributed by atoms with E-state index in [1.165, 1.54) is 17.5 Å². The van der Waals surface area contributed by atoms with Crippen LogP contribution >= 0.6 is 0 Å². The number of rotatable bonds is 12. The van der Waals surface area contributed by atoms with Crippen LogP contribution in [0.2, 0.25) is 0 Å². The van der Waals surface area contributed by atoms with Crippen molar-refractivity contribution in [2.45, 2.75) is 46.1 Å². The Kier molecular flexibility index (Phi) is 9.11. The van der Waals surface area contributed by atoms with Crippen LogP contribution in [0.5, 0.6) is 5.75 Å². The van der Waals surface area contributed by atoms with Gasteiger partial charge in [-0.05, 0) is 81.1 Å². The molecule has 164 valence electrons. The van der Waals surface area contributed by atoms with Crippen molar-refractivity contribution in [3.63, 3.8) is 0 Å². The number of hydrogen-bond acceptors (Lipinski definition) is 2. The van der Waals surface area contributed by atoms with Crippen molar-refractivity contribution in [1.29, 1.82) is 0 Å². The number of nitrogens with zero attached hydrogens (tertiary/aromatic N) is 1. The van der Waals surface area contributed by atoms with E-state index in [2.05, 4.69) is 43.0 Å². The van der Waals surface area contributed by atoms with E-state index >= 15 is 0 Å². The molecule has 31 heavy (non-hydrogen) atoms. The second-order valence-corrected chi connectivity index (χ2v) is 8.17. The second-order valence-electron chi connectivity index (χ2n) is 8.17. The fourth-order valence-electron chi connectivity index (χ4n) is 3.75. The van der Waals surface area contributed by atoms with Gasteiger partial charge in [-0.25, -0.2) is 4.39 Å². The first kappa shape index (κ1) is 23.0. The number of halogens is 1. The molecule has 0 radical (unpaired) electrons. The molecule has 3 aromatic carbocycles. The van der Waals surface area contributed by atoms with Gasteiger partial charge in [-0.3, -0.25) is 0 Å². The minimum Gasteiger partial charge on any atom is -0.486 e. The largest absolute Gasteiger partial charge is 0.486 e. The highest BCUT2D eigenvalue weighted by molar-refractivity contribution is 5.30. The molecule has 0 N–H and O–H groups in total. The zero-order valence-electron chi connectivity index (χ0n) is 18.8. The van der Waals surface area contributed by atoms with Crippen molar-refractivity contribution in [2.75, 3.05) is 19.6 Å².